The Morgan fingerprint density at radius 2 is 2.05 bits per heavy atom. The lowest BCUT2D eigenvalue weighted by Crippen LogP contribution is -2.41. The smallest absolute Gasteiger partial charge is 0.323 e. The molecule has 19 heavy (non-hydrogen) atoms. The SMILES string of the molecule is CC1CC(N2CC=C(c3ccccc3)CC2)C(=O)O1. The molecule has 3 nitrogen and oxygen atoms in total. The van der Waals surface area contributed by atoms with Crippen LogP contribution in [0.5, 0.6) is 0 Å². The lowest BCUT2D eigenvalue weighted by Gasteiger charge is -2.29. The van der Waals surface area contributed by atoms with Crippen LogP contribution in [0.2, 0.25) is 0 Å². The first-order valence-corrected chi connectivity index (χ1v) is 6.93. The van der Waals surface area contributed by atoms with Gasteiger partial charge in [0.1, 0.15) is 12.1 Å². The predicted octanol–water partition coefficient (Wildman–Crippen LogP) is 2.48. The summed E-state index contributed by atoms with van der Waals surface area (Å²) in [7, 11) is 0. The first-order chi connectivity index (χ1) is 9.24. The molecule has 0 aliphatic carbocycles. The van der Waals surface area contributed by atoms with Gasteiger partial charge < -0.3 is 4.74 Å². The van der Waals surface area contributed by atoms with Gasteiger partial charge in [-0.2, -0.15) is 0 Å². The third kappa shape index (κ3) is 2.56. The average molecular weight is 257 g/mol. The van der Waals surface area contributed by atoms with Crippen LogP contribution in [0.15, 0.2) is 36.4 Å². The topological polar surface area (TPSA) is 29.5 Å². The predicted molar refractivity (Wildman–Crippen MR) is 74.6 cm³/mol. The van der Waals surface area contributed by atoms with Crippen molar-refractivity contribution in [1.82, 2.24) is 4.90 Å². The van der Waals surface area contributed by atoms with Crippen molar-refractivity contribution in [2.45, 2.75) is 31.9 Å². The van der Waals surface area contributed by atoms with Gasteiger partial charge >= 0.3 is 5.97 Å². The van der Waals surface area contributed by atoms with E-state index in [1.807, 2.05) is 13.0 Å². The first-order valence-electron chi connectivity index (χ1n) is 6.93. The van der Waals surface area contributed by atoms with Crippen molar-refractivity contribution in [3.8, 4) is 0 Å². The maximum atomic E-state index is 11.8. The number of hydrogen-bond donors (Lipinski definition) is 0. The zero-order chi connectivity index (χ0) is 13.2. The Kier molecular flexibility index (Phi) is 3.38. The highest BCUT2D eigenvalue weighted by Crippen LogP contribution is 2.26. The minimum absolute atomic E-state index is 0.0384. The number of rotatable bonds is 2. The van der Waals surface area contributed by atoms with Crippen LogP contribution in [-0.4, -0.2) is 36.1 Å². The van der Waals surface area contributed by atoms with Gasteiger partial charge in [0.05, 0.1) is 0 Å². The van der Waals surface area contributed by atoms with Gasteiger partial charge in [0.25, 0.3) is 0 Å². The van der Waals surface area contributed by atoms with E-state index in [4.69, 9.17) is 4.74 Å². The number of benzene rings is 1. The largest absolute Gasteiger partial charge is 0.461 e. The number of carbonyl (C=O) groups is 1. The molecule has 0 aromatic heterocycles. The van der Waals surface area contributed by atoms with Gasteiger partial charge in [0.2, 0.25) is 0 Å². The Labute approximate surface area is 113 Å². The van der Waals surface area contributed by atoms with E-state index in [1.54, 1.807) is 0 Å². The highest BCUT2D eigenvalue weighted by molar-refractivity contribution is 5.78. The van der Waals surface area contributed by atoms with E-state index in [0.717, 1.165) is 25.9 Å². The van der Waals surface area contributed by atoms with Gasteiger partial charge in [-0.15, -0.1) is 0 Å². The van der Waals surface area contributed by atoms with Crippen LogP contribution >= 0.6 is 0 Å². The summed E-state index contributed by atoms with van der Waals surface area (Å²) < 4.78 is 5.24. The molecule has 0 amide bonds. The van der Waals surface area contributed by atoms with Crippen LogP contribution in [0, 0.1) is 0 Å². The van der Waals surface area contributed by atoms with Crippen molar-refractivity contribution in [2.75, 3.05) is 13.1 Å². The quantitative estimate of drug-likeness (QED) is 0.762. The number of carbonyl (C=O) groups excluding carboxylic acids is 1. The Morgan fingerprint density at radius 3 is 2.63 bits per heavy atom. The molecule has 0 N–H and O–H groups in total. The Hall–Kier alpha value is -1.61. The van der Waals surface area contributed by atoms with Crippen LogP contribution in [-0.2, 0) is 9.53 Å². The zero-order valence-electron chi connectivity index (χ0n) is 11.2. The molecule has 0 radical (unpaired) electrons. The molecule has 100 valence electrons. The first kappa shape index (κ1) is 12.4. The summed E-state index contributed by atoms with van der Waals surface area (Å²) in [5, 5.41) is 0. The molecule has 2 aliphatic rings. The lowest BCUT2D eigenvalue weighted by atomic mass is 9.98. The summed E-state index contributed by atoms with van der Waals surface area (Å²) in [5.41, 5.74) is 2.68. The molecule has 1 aromatic rings. The van der Waals surface area contributed by atoms with Crippen molar-refractivity contribution < 1.29 is 9.53 Å². The number of cyclic esters (lactones) is 1. The Balaban J connectivity index is 1.69. The molecule has 2 heterocycles. The van der Waals surface area contributed by atoms with Crippen LogP contribution in [0.1, 0.15) is 25.3 Å². The van der Waals surface area contributed by atoms with Gasteiger partial charge in [-0.1, -0.05) is 36.4 Å². The van der Waals surface area contributed by atoms with E-state index in [1.165, 1.54) is 11.1 Å². The molecule has 3 heteroatoms. The lowest BCUT2D eigenvalue weighted by molar-refractivity contribution is -0.144. The summed E-state index contributed by atoms with van der Waals surface area (Å²) in [4.78, 5) is 14.0. The van der Waals surface area contributed by atoms with Gasteiger partial charge in [0, 0.05) is 19.5 Å². The van der Waals surface area contributed by atoms with Crippen molar-refractivity contribution in [3.63, 3.8) is 0 Å². The highest BCUT2D eigenvalue weighted by atomic mass is 16.6. The average Bonchev–Trinajstić information content (AvgIpc) is 2.79. The Morgan fingerprint density at radius 1 is 1.26 bits per heavy atom. The molecule has 2 unspecified atom stereocenters. The van der Waals surface area contributed by atoms with Gasteiger partial charge in [-0.25, -0.2) is 0 Å². The van der Waals surface area contributed by atoms with Crippen LogP contribution < -0.4 is 0 Å². The third-order valence-electron chi connectivity index (χ3n) is 3.97. The van der Waals surface area contributed by atoms with E-state index >= 15 is 0 Å². The second-order valence-electron chi connectivity index (χ2n) is 5.34. The van der Waals surface area contributed by atoms with Crippen molar-refractivity contribution in [2.24, 2.45) is 0 Å². The standard InChI is InChI=1S/C16H19NO2/c1-12-11-15(16(18)19-12)17-9-7-14(8-10-17)13-5-3-2-4-6-13/h2-7,12,15H,8-11H2,1H3. The van der Waals surface area contributed by atoms with Crippen molar-refractivity contribution >= 4 is 11.5 Å². The van der Waals surface area contributed by atoms with Gasteiger partial charge in [-0.05, 0) is 24.5 Å². The van der Waals surface area contributed by atoms with Crippen LogP contribution in [0.4, 0.5) is 0 Å². The fourth-order valence-electron chi connectivity index (χ4n) is 2.92. The molecule has 1 saturated heterocycles. The summed E-state index contributed by atoms with van der Waals surface area (Å²) in [6, 6.07) is 10.4. The molecule has 0 bridgehead atoms. The summed E-state index contributed by atoms with van der Waals surface area (Å²) >= 11 is 0. The van der Waals surface area contributed by atoms with Crippen molar-refractivity contribution in [3.05, 3.63) is 42.0 Å². The molecule has 2 atom stereocenters. The molecule has 2 aliphatic heterocycles. The van der Waals surface area contributed by atoms with E-state index < -0.39 is 0 Å². The minimum atomic E-state index is -0.0518. The second-order valence-corrected chi connectivity index (χ2v) is 5.34. The highest BCUT2D eigenvalue weighted by Gasteiger charge is 2.36. The molecule has 0 spiro atoms. The number of esters is 1. The van der Waals surface area contributed by atoms with E-state index in [0.29, 0.717) is 0 Å². The second kappa shape index (κ2) is 5.17. The van der Waals surface area contributed by atoms with Crippen LogP contribution in [0.25, 0.3) is 5.57 Å². The zero-order valence-corrected chi connectivity index (χ0v) is 11.2. The maximum absolute atomic E-state index is 11.8. The summed E-state index contributed by atoms with van der Waals surface area (Å²) in [5.74, 6) is -0.0518. The number of nitrogens with zero attached hydrogens (tertiary/aromatic N) is 1. The molecule has 3 rings (SSSR count). The molecule has 1 aromatic carbocycles. The van der Waals surface area contributed by atoms with Crippen molar-refractivity contribution in [1.29, 1.82) is 0 Å². The van der Waals surface area contributed by atoms with E-state index in [2.05, 4.69) is 35.2 Å². The molecular weight excluding hydrogens is 238 g/mol. The van der Waals surface area contributed by atoms with Crippen LogP contribution in [0.3, 0.4) is 0 Å². The summed E-state index contributed by atoms with van der Waals surface area (Å²) in [6.07, 6.45) is 4.14. The van der Waals surface area contributed by atoms with E-state index in [-0.39, 0.29) is 18.1 Å². The molecule has 1 fully saturated rings. The number of hydrogen-bond acceptors (Lipinski definition) is 3. The molecule has 0 saturated carbocycles. The summed E-state index contributed by atoms with van der Waals surface area (Å²) in [6.45, 7) is 3.75. The fraction of sp³-hybridized carbons (Fsp3) is 0.438. The van der Waals surface area contributed by atoms with Gasteiger partial charge in [0.15, 0.2) is 0 Å². The maximum Gasteiger partial charge on any atom is 0.323 e. The fourth-order valence-corrected chi connectivity index (χ4v) is 2.92. The normalized spacial score (nSPS) is 28.1. The monoisotopic (exact) mass is 257 g/mol. The van der Waals surface area contributed by atoms with Gasteiger partial charge in [-0.3, -0.25) is 9.69 Å². The minimum Gasteiger partial charge on any atom is -0.461 e. The number of ether oxygens (including phenoxy) is 1. The Bertz CT molecular complexity index is 495. The third-order valence-corrected chi connectivity index (χ3v) is 3.97. The molecular formula is C16H19NO2. The van der Waals surface area contributed by atoms with E-state index in [9.17, 15) is 4.79 Å².